The lowest BCUT2D eigenvalue weighted by Gasteiger charge is -2.41. The Hall–Kier alpha value is 0.950. The van der Waals surface area contributed by atoms with E-state index >= 15 is 0 Å². The lowest BCUT2D eigenvalue weighted by molar-refractivity contribution is -0.144. The highest BCUT2D eigenvalue weighted by Crippen LogP contribution is 2.82. The molecule has 116 valence electrons. The standard InChI is InChI=1S/C13H10Cl6O2/c14-8-9(15)12(17)7-4-1-3(2-5(4)10(20)21)6(7)11(8,16)13(12,18)19/h3-7H,1-2H2,(H,20,21)/t3-,4+,5+,6+,7+,11-,12-/m0/s1. The molecule has 2 nitrogen and oxygen atoms in total. The van der Waals surface area contributed by atoms with Crippen LogP contribution in [0.5, 0.6) is 0 Å². The van der Waals surface area contributed by atoms with Gasteiger partial charge in [0.25, 0.3) is 0 Å². The highest BCUT2D eigenvalue weighted by molar-refractivity contribution is 6.65. The van der Waals surface area contributed by atoms with Crippen molar-refractivity contribution in [1.82, 2.24) is 0 Å². The van der Waals surface area contributed by atoms with Gasteiger partial charge in [0.15, 0.2) is 4.33 Å². The van der Waals surface area contributed by atoms with Crippen molar-refractivity contribution in [3.8, 4) is 0 Å². The number of allylic oxidation sites excluding steroid dienone is 2. The van der Waals surface area contributed by atoms with Gasteiger partial charge >= 0.3 is 5.97 Å². The maximum absolute atomic E-state index is 11.5. The van der Waals surface area contributed by atoms with E-state index in [2.05, 4.69) is 0 Å². The largest absolute Gasteiger partial charge is 0.481 e. The quantitative estimate of drug-likeness (QED) is 0.497. The number of alkyl halides is 4. The first-order chi connectivity index (χ1) is 9.60. The molecule has 0 aromatic carbocycles. The molecule has 21 heavy (non-hydrogen) atoms. The van der Waals surface area contributed by atoms with Gasteiger partial charge in [-0.3, -0.25) is 4.79 Å². The van der Waals surface area contributed by atoms with Gasteiger partial charge in [0.1, 0.15) is 9.75 Å². The van der Waals surface area contributed by atoms with Crippen molar-refractivity contribution in [2.45, 2.75) is 26.9 Å². The first-order valence-electron chi connectivity index (χ1n) is 6.64. The Morgan fingerprint density at radius 2 is 1.52 bits per heavy atom. The fourth-order valence-corrected chi connectivity index (χ4v) is 8.48. The van der Waals surface area contributed by atoms with Crippen molar-refractivity contribution in [3.05, 3.63) is 10.1 Å². The molecule has 4 bridgehead atoms. The van der Waals surface area contributed by atoms with Gasteiger partial charge in [0, 0.05) is 0 Å². The topological polar surface area (TPSA) is 37.3 Å². The van der Waals surface area contributed by atoms with E-state index in [1.165, 1.54) is 0 Å². The molecule has 0 unspecified atom stereocenters. The number of halogens is 6. The monoisotopic (exact) mass is 408 g/mol. The van der Waals surface area contributed by atoms with Crippen molar-refractivity contribution in [1.29, 1.82) is 0 Å². The second kappa shape index (κ2) is 4.13. The Kier molecular flexibility index (Phi) is 3.04. The summed E-state index contributed by atoms with van der Waals surface area (Å²) >= 11 is 39.3. The molecule has 7 atom stereocenters. The van der Waals surface area contributed by atoms with Crippen molar-refractivity contribution < 1.29 is 9.90 Å². The molecule has 4 aliphatic rings. The number of fused-ring (bicyclic) bond motifs is 9. The molecule has 0 amide bonds. The zero-order chi connectivity index (χ0) is 15.5. The third kappa shape index (κ3) is 1.34. The lowest BCUT2D eigenvalue weighted by Crippen LogP contribution is -2.46. The SMILES string of the molecule is O=C(O)[C@@H]1C[C@@H]2C[C@H]1[C@@H]1[C@@H]2[C@]2(Cl)C(Cl)=C(Cl)[C@]1(Cl)C2(Cl)Cl. The second-order valence-electron chi connectivity index (χ2n) is 6.52. The molecule has 3 fully saturated rings. The van der Waals surface area contributed by atoms with Crippen molar-refractivity contribution in [2.75, 3.05) is 0 Å². The maximum Gasteiger partial charge on any atom is 0.306 e. The second-order valence-corrected chi connectivity index (χ2v) is 9.79. The minimum atomic E-state index is -1.54. The summed E-state index contributed by atoms with van der Waals surface area (Å²) in [6.07, 6.45) is 1.32. The molecule has 0 saturated heterocycles. The number of rotatable bonds is 1. The van der Waals surface area contributed by atoms with Crippen LogP contribution < -0.4 is 0 Å². The summed E-state index contributed by atoms with van der Waals surface area (Å²) in [4.78, 5) is 8.92. The summed E-state index contributed by atoms with van der Waals surface area (Å²) in [7, 11) is 0. The van der Waals surface area contributed by atoms with Crippen LogP contribution in [0, 0.1) is 29.6 Å². The molecular weight excluding hydrogens is 401 g/mol. The molecule has 0 spiro atoms. The lowest BCUT2D eigenvalue weighted by atomic mass is 9.69. The highest BCUT2D eigenvalue weighted by Gasteiger charge is 2.86. The van der Waals surface area contributed by atoms with Crippen LogP contribution in [0.2, 0.25) is 0 Å². The smallest absolute Gasteiger partial charge is 0.306 e. The van der Waals surface area contributed by atoms with Gasteiger partial charge in [-0.25, -0.2) is 0 Å². The predicted molar refractivity (Wildman–Crippen MR) is 84.7 cm³/mol. The fraction of sp³-hybridized carbons (Fsp3) is 0.769. The van der Waals surface area contributed by atoms with E-state index in [4.69, 9.17) is 69.6 Å². The van der Waals surface area contributed by atoms with Gasteiger partial charge < -0.3 is 5.11 Å². The number of carboxylic acid groups (broad SMARTS) is 1. The van der Waals surface area contributed by atoms with E-state index < -0.39 is 26.0 Å². The van der Waals surface area contributed by atoms with Crippen LogP contribution in [0.25, 0.3) is 0 Å². The molecule has 4 aliphatic carbocycles. The van der Waals surface area contributed by atoms with Crippen LogP contribution in [0.15, 0.2) is 10.1 Å². The normalized spacial score (nSPS) is 56.2. The third-order valence-corrected chi connectivity index (χ3v) is 10.3. The summed E-state index contributed by atoms with van der Waals surface area (Å²) in [5.74, 6) is -1.67. The summed E-state index contributed by atoms with van der Waals surface area (Å²) < 4.78 is -1.54. The van der Waals surface area contributed by atoms with E-state index in [0.29, 0.717) is 6.42 Å². The van der Waals surface area contributed by atoms with Crippen molar-refractivity contribution in [2.24, 2.45) is 29.6 Å². The van der Waals surface area contributed by atoms with Gasteiger partial charge in [-0.15, -0.1) is 23.2 Å². The molecule has 4 rings (SSSR count). The Labute approximate surface area is 151 Å². The van der Waals surface area contributed by atoms with Gasteiger partial charge in [-0.05, 0) is 36.5 Å². The van der Waals surface area contributed by atoms with Crippen LogP contribution >= 0.6 is 69.6 Å². The van der Waals surface area contributed by atoms with Crippen LogP contribution in [0.3, 0.4) is 0 Å². The fourth-order valence-electron chi connectivity index (χ4n) is 5.33. The van der Waals surface area contributed by atoms with Crippen LogP contribution in [-0.2, 0) is 4.79 Å². The molecule has 8 heteroatoms. The Bertz CT molecular complexity index is 603. The number of hydrogen-bond acceptors (Lipinski definition) is 1. The molecule has 0 aliphatic heterocycles. The number of aliphatic carboxylic acids is 1. The average molecular weight is 411 g/mol. The van der Waals surface area contributed by atoms with Gasteiger partial charge in [-0.1, -0.05) is 46.4 Å². The summed E-state index contributed by atoms with van der Waals surface area (Å²) in [6, 6.07) is 0. The average Bonchev–Trinajstić information content (AvgIpc) is 3.05. The maximum atomic E-state index is 11.5. The minimum Gasteiger partial charge on any atom is -0.481 e. The van der Waals surface area contributed by atoms with Crippen molar-refractivity contribution in [3.63, 3.8) is 0 Å². The van der Waals surface area contributed by atoms with Gasteiger partial charge in [-0.2, -0.15) is 0 Å². The number of hydrogen-bond donors (Lipinski definition) is 1. The van der Waals surface area contributed by atoms with Gasteiger partial charge in [0.05, 0.1) is 16.0 Å². The molecule has 0 heterocycles. The Balaban J connectivity index is 1.92. The van der Waals surface area contributed by atoms with E-state index in [1.807, 2.05) is 0 Å². The van der Waals surface area contributed by atoms with Crippen LogP contribution in [0.4, 0.5) is 0 Å². The molecule has 0 aromatic heterocycles. The van der Waals surface area contributed by atoms with E-state index in [-0.39, 0.29) is 33.7 Å². The summed E-state index contributed by atoms with van der Waals surface area (Å²) in [5, 5.41) is 9.79. The summed E-state index contributed by atoms with van der Waals surface area (Å²) in [5.41, 5.74) is 0. The van der Waals surface area contributed by atoms with Crippen molar-refractivity contribution >= 4 is 75.6 Å². The third-order valence-electron chi connectivity index (χ3n) is 5.99. The van der Waals surface area contributed by atoms with Gasteiger partial charge in [0.2, 0.25) is 0 Å². The first-order valence-corrected chi connectivity index (χ1v) is 8.91. The number of carboxylic acids is 1. The first kappa shape index (κ1) is 15.5. The highest BCUT2D eigenvalue weighted by atomic mass is 35.5. The number of carbonyl (C=O) groups is 1. The minimum absolute atomic E-state index is 0.106. The predicted octanol–water partition coefficient (Wildman–Crippen LogP) is 4.80. The van der Waals surface area contributed by atoms with Crippen LogP contribution in [0.1, 0.15) is 12.8 Å². The molecular formula is C13H10Cl6O2. The molecule has 0 aromatic rings. The van der Waals surface area contributed by atoms with E-state index in [1.54, 1.807) is 0 Å². The Morgan fingerprint density at radius 1 is 1.00 bits per heavy atom. The Morgan fingerprint density at radius 3 is 2.05 bits per heavy atom. The zero-order valence-corrected chi connectivity index (χ0v) is 15.0. The molecule has 1 N–H and O–H groups in total. The molecule has 3 saturated carbocycles. The van der Waals surface area contributed by atoms with Crippen LogP contribution in [-0.4, -0.2) is 25.2 Å². The zero-order valence-electron chi connectivity index (χ0n) is 10.4. The van der Waals surface area contributed by atoms with E-state index in [0.717, 1.165) is 6.42 Å². The van der Waals surface area contributed by atoms with E-state index in [9.17, 15) is 9.90 Å². The summed E-state index contributed by atoms with van der Waals surface area (Å²) in [6.45, 7) is 0. The molecule has 0 radical (unpaired) electrons.